The SMILES string of the molecule is O=c1c(O)c2n(c3c1C1(C=CCC1)OC3)CCN(Cc1ccc(F)c(Cl)c1)C2. The number of nitrogens with zero attached hydrogens (tertiary/aromatic N) is 2. The number of halogens is 2. The van der Waals surface area contributed by atoms with E-state index in [1.807, 2.05) is 16.7 Å². The third-order valence-electron chi connectivity index (χ3n) is 6.02. The Kier molecular flexibility index (Phi) is 4.12. The van der Waals surface area contributed by atoms with E-state index in [4.69, 9.17) is 16.3 Å². The molecule has 5 nitrogen and oxygen atoms in total. The molecule has 1 spiro atoms. The molecule has 1 aromatic carbocycles. The number of rotatable bonds is 2. The van der Waals surface area contributed by atoms with Crippen molar-refractivity contribution in [2.75, 3.05) is 6.54 Å². The van der Waals surface area contributed by atoms with E-state index in [2.05, 4.69) is 4.90 Å². The van der Waals surface area contributed by atoms with Crippen molar-refractivity contribution in [2.45, 2.75) is 44.7 Å². The zero-order chi connectivity index (χ0) is 19.5. The van der Waals surface area contributed by atoms with Crippen molar-refractivity contribution in [1.82, 2.24) is 9.47 Å². The Morgan fingerprint density at radius 3 is 2.89 bits per heavy atom. The summed E-state index contributed by atoms with van der Waals surface area (Å²) in [4.78, 5) is 15.1. The van der Waals surface area contributed by atoms with Crippen molar-refractivity contribution in [3.8, 4) is 5.75 Å². The van der Waals surface area contributed by atoms with Gasteiger partial charge >= 0.3 is 0 Å². The van der Waals surface area contributed by atoms with Crippen LogP contribution in [-0.2, 0) is 36.6 Å². The Bertz CT molecular complexity index is 1060. The van der Waals surface area contributed by atoms with E-state index in [0.29, 0.717) is 37.5 Å². The first-order valence-electron chi connectivity index (χ1n) is 9.44. The van der Waals surface area contributed by atoms with Gasteiger partial charge in [0.2, 0.25) is 5.43 Å². The van der Waals surface area contributed by atoms with Crippen LogP contribution in [0.15, 0.2) is 35.1 Å². The van der Waals surface area contributed by atoms with Crippen LogP contribution in [-0.4, -0.2) is 21.1 Å². The average Bonchev–Trinajstić information content (AvgIpc) is 3.31. The van der Waals surface area contributed by atoms with Crippen LogP contribution in [0.1, 0.15) is 35.4 Å². The predicted octanol–water partition coefficient (Wildman–Crippen LogP) is 3.44. The number of fused-ring (bicyclic) bond motifs is 4. The summed E-state index contributed by atoms with van der Waals surface area (Å²) in [5.74, 6) is -0.630. The maximum atomic E-state index is 13.4. The topological polar surface area (TPSA) is 54.7 Å². The van der Waals surface area contributed by atoms with Crippen molar-refractivity contribution >= 4 is 11.6 Å². The van der Waals surface area contributed by atoms with Gasteiger partial charge in [-0.15, -0.1) is 0 Å². The highest BCUT2D eigenvalue weighted by Crippen LogP contribution is 2.44. The molecule has 0 radical (unpaired) electrons. The minimum absolute atomic E-state index is 0.0962. The molecule has 2 aliphatic heterocycles. The molecule has 0 bridgehead atoms. The Morgan fingerprint density at radius 2 is 2.14 bits per heavy atom. The number of aromatic hydroxyl groups is 1. The van der Waals surface area contributed by atoms with Crippen molar-refractivity contribution in [2.24, 2.45) is 0 Å². The Labute approximate surface area is 166 Å². The zero-order valence-electron chi connectivity index (χ0n) is 15.3. The number of allylic oxidation sites excluding steroid dienone is 1. The summed E-state index contributed by atoms with van der Waals surface area (Å²) in [5.41, 5.74) is 1.99. The highest BCUT2D eigenvalue weighted by Gasteiger charge is 2.45. The van der Waals surface area contributed by atoms with E-state index in [0.717, 1.165) is 30.6 Å². The van der Waals surface area contributed by atoms with E-state index in [9.17, 15) is 14.3 Å². The molecule has 1 atom stereocenters. The fraction of sp³-hybridized carbons (Fsp3) is 0.381. The maximum Gasteiger partial charge on any atom is 0.230 e. The molecule has 146 valence electrons. The monoisotopic (exact) mass is 402 g/mol. The van der Waals surface area contributed by atoms with Gasteiger partial charge in [-0.05, 0) is 30.5 Å². The zero-order valence-corrected chi connectivity index (χ0v) is 16.0. The number of ether oxygens (including phenoxy) is 1. The second kappa shape index (κ2) is 6.44. The van der Waals surface area contributed by atoms with Gasteiger partial charge < -0.3 is 14.4 Å². The highest BCUT2D eigenvalue weighted by molar-refractivity contribution is 6.30. The van der Waals surface area contributed by atoms with Gasteiger partial charge in [0.05, 0.1) is 28.6 Å². The van der Waals surface area contributed by atoms with Gasteiger partial charge in [0.1, 0.15) is 11.4 Å². The molecule has 1 N–H and O–H groups in total. The van der Waals surface area contributed by atoms with Crippen molar-refractivity contribution in [3.05, 3.63) is 73.9 Å². The third-order valence-corrected chi connectivity index (χ3v) is 6.31. The van der Waals surface area contributed by atoms with E-state index >= 15 is 0 Å². The summed E-state index contributed by atoms with van der Waals surface area (Å²) in [6.07, 6.45) is 5.60. The van der Waals surface area contributed by atoms with Gasteiger partial charge in [-0.25, -0.2) is 4.39 Å². The Balaban J connectivity index is 1.49. The summed E-state index contributed by atoms with van der Waals surface area (Å²) in [7, 11) is 0. The minimum Gasteiger partial charge on any atom is -0.503 e. The molecular formula is C21H20ClFN2O3. The smallest absolute Gasteiger partial charge is 0.230 e. The number of aromatic nitrogens is 1. The normalized spacial score (nSPS) is 23.4. The van der Waals surface area contributed by atoms with Crippen LogP contribution in [0.25, 0.3) is 0 Å². The highest BCUT2D eigenvalue weighted by atomic mass is 35.5. The molecule has 28 heavy (non-hydrogen) atoms. The molecule has 0 fully saturated rings. The molecule has 1 aromatic heterocycles. The van der Waals surface area contributed by atoms with Crippen molar-refractivity contribution < 1.29 is 14.2 Å². The van der Waals surface area contributed by atoms with Gasteiger partial charge in [0, 0.05) is 26.2 Å². The molecule has 5 rings (SSSR count). The van der Waals surface area contributed by atoms with Crippen molar-refractivity contribution in [3.63, 3.8) is 0 Å². The molecule has 1 aliphatic carbocycles. The van der Waals surface area contributed by atoms with Crippen LogP contribution in [0.2, 0.25) is 5.02 Å². The van der Waals surface area contributed by atoms with E-state index in [1.54, 1.807) is 12.1 Å². The quantitative estimate of drug-likeness (QED) is 0.782. The van der Waals surface area contributed by atoms with Gasteiger partial charge in [0.15, 0.2) is 5.75 Å². The maximum absolute atomic E-state index is 13.4. The first-order chi connectivity index (χ1) is 13.5. The Morgan fingerprint density at radius 1 is 1.29 bits per heavy atom. The van der Waals surface area contributed by atoms with E-state index in [1.165, 1.54) is 6.07 Å². The van der Waals surface area contributed by atoms with Crippen LogP contribution in [0.3, 0.4) is 0 Å². The minimum atomic E-state index is -0.673. The van der Waals surface area contributed by atoms with Gasteiger partial charge in [-0.3, -0.25) is 9.69 Å². The average molecular weight is 403 g/mol. The molecule has 3 aliphatic rings. The molecule has 0 saturated carbocycles. The fourth-order valence-electron chi connectivity index (χ4n) is 4.64. The van der Waals surface area contributed by atoms with E-state index < -0.39 is 11.4 Å². The second-order valence-corrected chi connectivity index (χ2v) is 8.08. The molecule has 0 saturated heterocycles. The third kappa shape index (κ3) is 2.63. The van der Waals surface area contributed by atoms with Crippen LogP contribution < -0.4 is 5.43 Å². The molecule has 7 heteroatoms. The lowest BCUT2D eigenvalue weighted by Crippen LogP contribution is -2.37. The summed E-state index contributed by atoms with van der Waals surface area (Å²) in [5, 5.41) is 10.8. The molecule has 2 aromatic rings. The number of pyridine rings is 1. The largest absolute Gasteiger partial charge is 0.503 e. The molecule has 3 heterocycles. The van der Waals surface area contributed by atoms with Gasteiger partial charge in [-0.1, -0.05) is 29.8 Å². The lowest BCUT2D eigenvalue weighted by molar-refractivity contribution is -0.000499. The van der Waals surface area contributed by atoms with Crippen LogP contribution in [0.5, 0.6) is 5.75 Å². The first kappa shape index (κ1) is 17.9. The number of hydrogen-bond acceptors (Lipinski definition) is 4. The summed E-state index contributed by atoms with van der Waals surface area (Å²) in [6, 6.07) is 4.68. The van der Waals surface area contributed by atoms with Crippen LogP contribution in [0.4, 0.5) is 4.39 Å². The molecule has 1 unspecified atom stereocenters. The summed E-state index contributed by atoms with van der Waals surface area (Å²) in [6.45, 7) is 2.79. The van der Waals surface area contributed by atoms with Crippen LogP contribution >= 0.6 is 11.6 Å². The van der Waals surface area contributed by atoms with E-state index in [-0.39, 0.29) is 16.2 Å². The van der Waals surface area contributed by atoms with Gasteiger partial charge in [-0.2, -0.15) is 0 Å². The standard InChI is InChI=1S/C21H20ClFN2O3/c22-14-9-13(3-4-15(14)23)10-24-7-8-25-16(11-24)19(26)20(27)18-17(25)12-28-21(18)5-1-2-6-21/h1,3-5,9,26H,2,6-8,10-12H2. The Hall–Kier alpha value is -2.15. The molecule has 0 amide bonds. The molecular weight excluding hydrogens is 383 g/mol. The lowest BCUT2D eigenvalue weighted by atomic mass is 9.92. The summed E-state index contributed by atoms with van der Waals surface area (Å²) >= 11 is 5.88. The fourth-order valence-corrected chi connectivity index (χ4v) is 4.84. The second-order valence-electron chi connectivity index (χ2n) is 7.68. The first-order valence-corrected chi connectivity index (χ1v) is 9.82. The lowest BCUT2D eigenvalue weighted by Gasteiger charge is -2.32. The van der Waals surface area contributed by atoms with Crippen LogP contribution in [0, 0.1) is 5.82 Å². The van der Waals surface area contributed by atoms with Crippen molar-refractivity contribution in [1.29, 1.82) is 0 Å². The van der Waals surface area contributed by atoms with Gasteiger partial charge in [0.25, 0.3) is 0 Å². The number of hydrogen-bond donors (Lipinski definition) is 1. The summed E-state index contributed by atoms with van der Waals surface area (Å²) < 4.78 is 21.5. The number of benzene rings is 1. The predicted molar refractivity (Wildman–Crippen MR) is 103 cm³/mol.